The van der Waals surface area contributed by atoms with Crippen LogP contribution >= 0.6 is 11.9 Å². The van der Waals surface area contributed by atoms with Crippen LogP contribution in [0.5, 0.6) is 0 Å². The molecule has 1 atom stereocenters. The third kappa shape index (κ3) is 5.07. The average molecular weight is 415 g/mol. The first-order valence-corrected chi connectivity index (χ1v) is 11.1. The highest BCUT2D eigenvalue weighted by Gasteiger charge is 2.27. The first kappa shape index (κ1) is 20.5. The minimum absolute atomic E-state index is 0.0426. The van der Waals surface area contributed by atoms with Gasteiger partial charge in [0.15, 0.2) is 5.78 Å². The van der Waals surface area contributed by atoms with Gasteiger partial charge in [-0.3, -0.25) is 4.79 Å². The van der Waals surface area contributed by atoms with Crippen molar-refractivity contribution in [2.24, 2.45) is 5.92 Å². The number of aliphatic hydroxyl groups is 1. The standard InChI is InChI=1S/C23H27FN2O2S/c24-19-8-6-17(7-9-19)23(28)18-10-14-25(15-11-18)12-3-13-26-16-21(27)20-4-1-2-5-22(20)29-26/h1-2,4-9,18,21,27H,3,10-16H2. The second-order valence-corrected chi connectivity index (χ2v) is 9.01. The van der Waals surface area contributed by atoms with Crippen LogP contribution in [0.3, 0.4) is 0 Å². The first-order valence-electron chi connectivity index (χ1n) is 10.3. The Balaban J connectivity index is 1.20. The maximum Gasteiger partial charge on any atom is 0.166 e. The zero-order chi connectivity index (χ0) is 20.2. The summed E-state index contributed by atoms with van der Waals surface area (Å²) in [5, 5.41) is 10.4. The zero-order valence-electron chi connectivity index (χ0n) is 16.5. The summed E-state index contributed by atoms with van der Waals surface area (Å²) >= 11 is 1.73. The van der Waals surface area contributed by atoms with Crippen molar-refractivity contribution in [3.05, 3.63) is 65.5 Å². The summed E-state index contributed by atoms with van der Waals surface area (Å²) in [5.41, 5.74) is 1.65. The van der Waals surface area contributed by atoms with Crippen LogP contribution in [0.2, 0.25) is 0 Å². The van der Waals surface area contributed by atoms with E-state index < -0.39 is 6.10 Å². The number of β-amino-alcohol motifs (C(OH)–C–C–N with tert-alkyl or cyclic N) is 1. The van der Waals surface area contributed by atoms with Crippen molar-refractivity contribution in [3.63, 3.8) is 0 Å². The molecule has 1 fully saturated rings. The Morgan fingerprint density at radius 1 is 1.07 bits per heavy atom. The number of ketones is 1. The van der Waals surface area contributed by atoms with Crippen molar-refractivity contribution in [2.45, 2.75) is 30.3 Å². The zero-order valence-corrected chi connectivity index (χ0v) is 17.3. The lowest BCUT2D eigenvalue weighted by Crippen LogP contribution is -2.38. The Bertz CT molecular complexity index is 837. The van der Waals surface area contributed by atoms with Crippen LogP contribution in [0.4, 0.5) is 4.39 Å². The number of benzene rings is 2. The summed E-state index contributed by atoms with van der Waals surface area (Å²) in [6.45, 7) is 4.46. The normalized spacial score (nSPS) is 21.1. The number of rotatable bonds is 6. The van der Waals surface area contributed by atoms with Crippen molar-refractivity contribution in [3.8, 4) is 0 Å². The lowest BCUT2D eigenvalue weighted by atomic mass is 9.89. The van der Waals surface area contributed by atoms with E-state index in [-0.39, 0.29) is 17.5 Å². The Hall–Kier alpha value is -1.73. The van der Waals surface area contributed by atoms with Gasteiger partial charge in [-0.05, 0) is 86.7 Å². The van der Waals surface area contributed by atoms with Gasteiger partial charge in [0.05, 0.1) is 6.10 Å². The molecule has 0 spiro atoms. The molecule has 29 heavy (non-hydrogen) atoms. The Kier molecular flexibility index (Phi) is 6.65. The van der Waals surface area contributed by atoms with E-state index in [4.69, 9.17) is 0 Å². The van der Waals surface area contributed by atoms with E-state index in [1.165, 1.54) is 12.1 Å². The van der Waals surface area contributed by atoms with Gasteiger partial charge in [0.2, 0.25) is 0 Å². The number of Topliss-reactive ketones (excluding diaryl/α,β-unsaturated/α-hetero) is 1. The number of piperidine rings is 1. The fraction of sp³-hybridized carbons (Fsp3) is 0.435. The molecule has 4 rings (SSSR count). The van der Waals surface area contributed by atoms with Crippen LogP contribution in [-0.2, 0) is 0 Å². The largest absolute Gasteiger partial charge is 0.387 e. The molecule has 1 N–H and O–H groups in total. The molecule has 154 valence electrons. The first-order chi connectivity index (χ1) is 14.1. The fourth-order valence-corrected chi connectivity index (χ4v) is 5.35. The van der Waals surface area contributed by atoms with E-state index in [0.29, 0.717) is 12.1 Å². The van der Waals surface area contributed by atoms with Gasteiger partial charge in [-0.15, -0.1) is 0 Å². The van der Waals surface area contributed by atoms with E-state index in [1.807, 2.05) is 18.2 Å². The van der Waals surface area contributed by atoms with Crippen molar-refractivity contribution >= 4 is 17.7 Å². The van der Waals surface area contributed by atoms with E-state index in [1.54, 1.807) is 24.1 Å². The Morgan fingerprint density at radius 2 is 1.79 bits per heavy atom. The molecule has 2 heterocycles. The van der Waals surface area contributed by atoms with Gasteiger partial charge in [-0.2, -0.15) is 0 Å². The number of carbonyl (C=O) groups is 1. The highest BCUT2D eigenvalue weighted by Crippen LogP contribution is 2.36. The summed E-state index contributed by atoms with van der Waals surface area (Å²) in [7, 11) is 0. The predicted molar refractivity (Wildman–Crippen MR) is 113 cm³/mol. The van der Waals surface area contributed by atoms with Gasteiger partial charge >= 0.3 is 0 Å². The molecule has 0 saturated carbocycles. The SMILES string of the molecule is O=C(c1ccc(F)cc1)C1CCN(CCCN2CC(O)c3ccccc3S2)CC1. The molecule has 0 bridgehead atoms. The lowest BCUT2D eigenvalue weighted by Gasteiger charge is -2.33. The van der Waals surface area contributed by atoms with Gasteiger partial charge in [-0.25, -0.2) is 8.70 Å². The monoisotopic (exact) mass is 414 g/mol. The maximum atomic E-state index is 13.1. The molecule has 2 aromatic carbocycles. The molecule has 2 aromatic rings. The maximum absolute atomic E-state index is 13.1. The van der Waals surface area contributed by atoms with Crippen LogP contribution in [0.15, 0.2) is 53.4 Å². The number of fused-ring (bicyclic) bond motifs is 1. The molecule has 2 aliphatic heterocycles. The quantitative estimate of drug-likeness (QED) is 0.568. The second kappa shape index (κ2) is 9.39. The molecule has 0 aromatic heterocycles. The highest BCUT2D eigenvalue weighted by atomic mass is 32.2. The smallest absolute Gasteiger partial charge is 0.166 e. The number of hydrogen-bond donors (Lipinski definition) is 1. The third-order valence-corrected chi connectivity index (χ3v) is 7.01. The molecular formula is C23H27FN2O2S. The number of hydrogen-bond acceptors (Lipinski definition) is 5. The number of nitrogens with zero attached hydrogens (tertiary/aromatic N) is 2. The van der Waals surface area contributed by atoms with Gasteiger partial charge < -0.3 is 10.0 Å². The number of aliphatic hydroxyl groups excluding tert-OH is 1. The highest BCUT2D eigenvalue weighted by molar-refractivity contribution is 7.97. The molecule has 2 aliphatic rings. The summed E-state index contributed by atoms with van der Waals surface area (Å²) in [4.78, 5) is 16.2. The van der Waals surface area contributed by atoms with E-state index in [2.05, 4.69) is 15.3 Å². The fourth-order valence-electron chi connectivity index (χ4n) is 4.18. The van der Waals surface area contributed by atoms with Crippen molar-refractivity contribution in [1.29, 1.82) is 0 Å². The summed E-state index contributed by atoms with van der Waals surface area (Å²) in [6, 6.07) is 14.0. The molecule has 0 amide bonds. The molecule has 0 radical (unpaired) electrons. The van der Waals surface area contributed by atoms with Crippen LogP contribution in [0, 0.1) is 11.7 Å². The number of carbonyl (C=O) groups excluding carboxylic acids is 1. The lowest BCUT2D eigenvalue weighted by molar-refractivity contribution is 0.0837. The van der Waals surface area contributed by atoms with Crippen LogP contribution in [0.1, 0.15) is 41.3 Å². The molecule has 6 heteroatoms. The minimum atomic E-state index is -0.416. The van der Waals surface area contributed by atoms with Crippen LogP contribution in [0.25, 0.3) is 0 Å². The van der Waals surface area contributed by atoms with Crippen molar-refractivity contribution in [2.75, 3.05) is 32.7 Å². The Morgan fingerprint density at radius 3 is 2.55 bits per heavy atom. The Labute approximate surface area is 175 Å². The second-order valence-electron chi connectivity index (χ2n) is 7.87. The van der Waals surface area contributed by atoms with Gasteiger partial charge in [0, 0.05) is 29.5 Å². The van der Waals surface area contributed by atoms with Gasteiger partial charge in [0.25, 0.3) is 0 Å². The molecular weight excluding hydrogens is 387 g/mol. The predicted octanol–water partition coefficient (Wildman–Crippen LogP) is 4.17. The summed E-state index contributed by atoms with van der Waals surface area (Å²) < 4.78 is 15.3. The van der Waals surface area contributed by atoms with Crippen molar-refractivity contribution in [1.82, 2.24) is 9.21 Å². The van der Waals surface area contributed by atoms with E-state index in [0.717, 1.165) is 55.9 Å². The molecule has 4 nitrogen and oxygen atoms in total. The van der Waals surface area contributed by atoms with Gasteiger partial charge in [-0.1, -0.05) is 18.2 Å². The third-order valence-electron chi connectivity index (χ3n) is 5.85. The molecule has 1 unspecified atom stereocenters. The topological polar surface area (TPSA) is 43.8 Å². The van der Waals surface area contributed by atoms with E-state index in [9.17, 15) is 14.3 Å². The molecule has 1 saturated heterocycles. The summed E-state index contributed by atoms with van der Waals surface area (Å²) in [5.74, 6) is -0.123. The number of halogens is 1. The average Bonchev–Trinajstić information content (AvgIpc) is 2.74. The van der Waals surface area contributed by atoms with E-state index >= 15 is 0 Å². The number of likely N-dealkylation sites (tertiary alicyclic amines) is 1. The minimum Gasteiger partial charge on any atom is -0.387 e. The van der Waals surface area contributed by atoms with Crippen LogP contribution < -0.4 is 0 Å². The van der Waals surface area contributed by atoms with Crippen molar-refractivity contribution < 1.29 is 14.3 Å². The summed E-state index contributed by atoms with van der Waals surface area (Å²) in [6.07, 6.45) is 2.35. The van der Waals surface area contributed by atoms with Gasteiger partial charge in [0.1, 0.15) is 5.82 Å². The van der Waals surface area contributed by atoms with Crippen LogP contribution in [-0.4, -0.2) is 52.8 Å². The molecule has 0 aliphatic carbocycles.